The maximum absolute atomic E-state index is 12.5. The Balaban J connectivity index is 1.76. The highest BCUT2D eigenvalue weighted by molar-refractivity contribution is 6.01. The van der Waals surface area contributed by atoms with E-state index < -0.39 is 0 Å². The van der Waals surface area contributed by atoms with Crippen LogP contribution in [0.25, 0.3) is 0 Å². The Bertz CT molecular complexity index is 765. The van der Waals surface area contributed by atoms with Crippen LogP contribution in [0, 0.1) is 0 Å². The summed E-state index contributed by atoms with van der Waals surface area (Å²) in [7, 11) is 1.63. The van der Waals surface area contributed by atoms with E-state index in [2.05, 4.69) is 0 Å². The molecule has 0 aromatic heterocycles. The average Bonchev–Trinajstić information content (AvgIpc) is 2.91. The van der Waals surface area contributed by atoms with Crippen molar-refractivity contribution in [1.82, 2.24) is 4.90 Å². The second-order valence-corrected chi connectivity index (χ2v) is 6.05. The van der Waals surface area contributed by atoms with E-state index in [1.165, 1.54) is 0 Å². The van der Waals surface area contributed by atoms with Crippen LogP contribution in [-0.2, 0) is 13.1 Å². The van der Waals surface area contributed by atoms with E-state index in [1.54, 1.807) is 24.1 Å². The van der Waals surface area contributed by atoms with Gasteiger partial charge in [-0.1, -0.05) is 25.1 Å². The third kappa shape index (κ3) is 3.18. The zero-order valence-electron chi connectivity index (χ0n) is 14.0. The van der Waals surface area contributed by atoms with Crippen LogP contribution in [0.15, 0.2) is 42.5 Å². The number of hydrogen-bond acceptors (Lipinski definition) is 3. The lowest BCUT2D eigenvalue weighted by Crippen LogP contribution is -2.23. The van der Waals surface area contributed by atoms with Gasteiger partial charge in [-0.05, 0) is 41.8 Å². The molecule has 3 rings (SSSR count). The van der Waals surface area contributed by atoms with Crippen LogP contribution in [0.5, 0.6) is 5.75 Å². The summed E-state index contributed by atoms with van der Waals surface area (Å²) in [5.41, 5.74) is 3.40. The van der Waals surface area contributed by atoms with Crippen molar-refractivity contribution in [2.45, 2.75) is 32.9 Å². The van der Waals surface area contributed by atoms with Crippen LogP contribution in [0.1, 0.15) is 51.6 Å². The van der Waals surface area contributed by atoms with Crippen molar-refractivity contribution in [2.75, 3.05) is 7.11 Å². The lowest BCUT2D eigenvalue weighted by molar-refractivity contribution is 0.0766. The number of fused-ring (bicyclic) bond motifs is 1. The number of methoxy groups -OCH3 is 1. The Kier molecular flexibility index (Phi) is 4.65. The molecule has 4 nitrogen and oxygen atoms in total. The number of Topliss-reactive ketones (excluding diaryl/α,β-unsaturated/α-hetero) is 1. The first kappa shape index (κ1) is 16.2. The van der Waals surface area contributed by atoms with Crippen molar-refractivity contribution in [3.63, 3.8) is 0 Å². The van der Waals surface area contributed by atoms with E-state index in [9.17, 15) is 9.59 Å². The quantitative estimate of drug-likeness (QED) is 0.759. The van der Waals surface area contributed by atoms with Gasteiger partial charge in [0.25, 0.3) is 5.91 Å². The van der Waals surface area contributed by atoms with Crippen molar-refractivity contribution in [1.29, 1.82) is 0 Å². The molecule has 1 amide bonds. The van der Waals surface area contributed by atoms with E-state index in [1.807, 2.05) is 37.3 Å². The van der Waals surface area contributed by atoms with Crippen LogP contribution in [-0.4, -0.2) is 23.7 Å². The largest absolute Gasteiger partial charge is 0.497 e. The number of ether oxygens (including phenoxy) is 1. The van der Waals surface area contributed by atoms with E-state index >= 15 is 0 Å². The summed E-state index contributed by atoms with van der Waals surface area (Å²) >= 11 is 0. The monoisotopic (exact) mass is 323 g/mol. The van der Waals surface area contributed by atoms with E-state index in [0.29, 0.717) is 30.6 Å². The topological polar surface area (TPSA) is 46.6 Å². The Morgan fingerprint density at radius 1 is 1.17 bits per heavy atom. The zero-order chi connectivity index (χ0) is 17.1. The summed E-state index contributed by atoms with van der Waals surface area (Å²) in [6, 6.07) is 13.1. The van der Waals surface area contributed by atoms with Crippen LogP contribution >= 0.6 is 0 Å². The van der Waals surface area contributed by atoms with Gasteiger partial charge >= 0.3 is 0 Å². The molecule has 1 heterocycles. The number of carbonyl (C=O) groups is 2. The smallest absolute Gasteiger partial charge is 0.254 e. The Morgan fingerprint density at radius 2 is 1.92 bits per heavy atom. The third-order valence-corrected chi connectivity index (χ3v) is 4.32. The summed E-state index contributed by atoms with van der Waals surface area (Å²) in [6.45, 7) is 3.09. The molecule has 0 N–H and O–H groups in total. The molecule has 2 aromatic carbocycles. The summed E-state index contributed by atoms with van der Waals surface area (Å²) < 4.78 is 5.15. The van der Waals surface area contributed by atoms with Crippen LogP contribution in [0.3, 0.4) is 0 Å². The number of carbonyl (C=O) groups excluding carboxylic acids is 2. The Morgan fingerprint density at radius 3 is 2.58 bits per heavy atom. The molecule has 0 saturated carbocycles. The number of rotatable bonds is 6. The fourth-order valence-electron chi connectivity index (χ4n) is 3.00. The molecule has 0 fully saturated rings. The van der Waals surface area contributed by atoms with Crippen molar-refractivity contribution in [2.24, 2.45) is 0 Å². The molecule has 0 unspecified atom stereocenters. The van der Waals surface area contributed by atoms with E-state index in [4.69, 9.17) is 4.74 Å². The summed E-state index contributed by atoms with van der Waals surface area (Å²) in [6.07, 6.45) is 1.38. The predicted octanol–water partition coefficient (Wildman–Crippen LogP) is 3.83. The first-order valence-corrected chi connectivity index (χ1v) is 8.20. The van der Waals surface area contributed by atoms with Gasteiger partial charge in [-0.15, -0.1) is 0 Å². The van der Waals surface area contributed by atoms with Gasteiger partial charge in [0.05, 0.1) is 7.11 Å². The van der Waals surface area contributed by atoms with Gasteiger partial charge in [0.2, 0.25) is 0 Å². The SMILES string of the molecule is CCCC(=O)c1ccc2c(c1)CN(Cc1ccc(OC)cc1)C2=O. The molecule has 0 radical (unpaired) electrons. The summed E-state index contributed by atoms with van der Waals surface area (Å²) in [5, 5.41) is 0. The van der Waals surface area contributed by atoms with Crippen molar-refractivity contribution < 1.29 is 14.3 Å². The molecule has 1 aliphatic heterocycles. The third-order valence-electron chi connectivity index (χ3n) is 4.32. The highest BCUT2D eigenvalue weighted by atomic mass is 16.5. The number of nitrogens with zero attached hydrogens (tertiary/aromatic N) is 1. The van der Waals surface area contributed by atoms with Gasteiger partial charge in [0.1, 0.15) is 5.75 Å². The van der Waals surface area contributed by atoms with Crippen LogP contribution < -0.4 is 4.74 Å². The second-order valence-electron chi connectivity index (χ2n) is 6.05. The normalized spacial score (nSPS) is 13.1. The predicted molar refractivity (Wildman–Crippen MR) is 92.3 cm³/mol. The highest BCUT2D eigenvalue weighted by Crippen LogP contribution is 2.26. The number of amides is 1. The van der Waals surface area contributed by atoms with Crippen molar-refractivity contribution in [3.8, 4) is 5.75 Å². The molecule has 4 heteroatoms. The standard InChI is InChI=1S/C20H21NO3/c1-3-4-19(22)15-7-10-18-16(11-15)13-21(20(18)23)12-14-5-8-17(24-2)9-6-14/h5-11H,3-4,12-13H2,1-2H3. The van der Waals surface area contributed by atoms with Gasteiger partial charge in [0.15, 0.2) is 5.78 Å². The number of ketones is 1. The van der Waals surface area contributed by atoms with Crippen molar-refractivity contribution in [3.05, 3.63) is 64.7 Å². The summed E-state index contributed by atoms with van der Waals surface area (Å²) in [4.78, 5) is 26.4. The molecule has 0 aliphatic carbocycles. The first-order chi connectivity index (χ1) is 11.6. The molecule has 124 valence electrons. The minimum atomic E-state index is 0.0234. The van der Waals surface area contributed by atoms with Gasteiger partial charge in [0, 0.05) is 30.6 Å². The Labute approximate surface area is 142 Å². The van der Waals surface area contributed by atoms with E-state index in [0.717, 1.165) is 23.3 Å². The molecule has 0 bridgehead atoms. The van der Waals surface area contributed by atoms with Crippen LogP contribution in [0.2, 0.25) is 0 Å². The lowest BCUT2D eigenvalue weighted by atomic mass is 10.0. The minimum Gasteiger partial charge on any atom is -0.497 e. The van der Waals surface area contributed by atoms with Crippen molar-refractivity contribution >= 4 is 11.7 Å². The number of hydrogen-bond donors (Lipinski definition) is 0. The van der Waals surface area contributed by atoms with Gasteiger partial charge in [-0.25, -0.2) is 0 Å². The first-order valence-electron chi connectivity index (χ1n) is 8.20. The lowest BCUT2D eigenvalue weighted by Gasteiger charge is -2.15. The van der Waals surface area contributed by atoms with E-state index in [-0.39, 0.29) is 11.7 Å². The molecule has 0 spiro atoms. The number of benzene rings is 2. The zero-order valence-corrected chi connectivity index (χ0v) is 14.0. The van der Waals surface area contributed by atoms with Gasteiger partial charge in [-0.2, -0.15) is 0 Å². The molecule has 24 heavy (non-hydrogen) atoms. The maximum Gasteiger partial charge on any atom is 0.254 e. The summed E-state index contributed by atoms with van der Waals surface area (Å²) in [5.74, 6) is 0.963. The maximum atomic E-state index is 12.5. The Hall–Kier alpha value is -2.62. The highest BCUT2D eigenvalue weighted by Gasteiger charge is 2.27. The fourth-order valence-corrected chi connectivity index (χ4v) is 3.00. The van der Waals surface area contributed by atoms with Crippen LogP contribution in [0.4, 0.5) is 0 Å². The van der Waals surface area contributed by atoms with Gasteiger partial charge in [-0.3, -0.25) is 9.59 Å². The van der Waals surface area contributed by atoms with Gasteiger partial charge < -0.3 is 9.64 Å². The average molecular weight is 323 g/mol. The second kappa shape index (κ2) is 6.87. The minimum absolute atomic E-state index is 0.0234. The molecular formula is C20H21NO3. The molecule has 0 saturated heterocycles. The molecular weight excluding hydrogens is 302 g/mol. The molecule has 0 atom stereocenters. The molecule has 2 aromatic rings. The molecule has 1 aliphatic rings. The fraction of sp³-hybridized carbons (Fsp3) is 0.300.